The van der Waals surface area contributed by atoms with Gasteiger partial charge < -0.3 is 10.2 Å². The molecule has 0 bridgehead atoms. The number of hydrogen-bond donors (Lipinski definition) is 1. The molecule has 0 unspecified atom stereocenters. The van der Waals surface area contributed by atoms with Crippen LogP contribution in [0.5, 0.6) is 0 Å². The molecule has 1 aliphatic heterocycles. The molecular weight excluding hydrogens is 339 g/mol. The second-order valence-corrected chi connectivity index (χ2v) is 6.83. The summed E-state index contributed by atoms with van der Waals surface area (Å²) in [6.45, 7) is 0.706. The van der Waals surface area contributed by atoms with Crippen LogP contribution in [0.1, 0.15) is 12.0 Å². The third-order valence-corrected chi connectivity index (χ3v) is 4.97. The van der Waals surface area contributed by atoms with E-state index >= 15 is 0 Å². The summed E-state index contributed by atoms with van der Waals surface area (Å²) < 4.78 is 12.9. The number of nitrogens with one attached hydrogen (secondary N) is 1. The molecule has 0 saturated carbocycles. The maximum atomic E-state index is 12.9. The van der Waals surface area contributed by atoms with E-state index < -0.39 is 0 Å². The van der Waals surface area contributed by atoms with Gasteiger partial charge in [-0.3, -0.25) is 9.59 Å². The molecule has 1 N–H and O–H groups in total. The summed E-state index contributed by atoms with van der Waals surface area (Å²) >= 11 is 1.61. The Morgan fingerprint density at radius 3 is 2.76 bits per heavy atom. The Kier molecular flexibility index (Phi) is 5.38. The fourth-order valence-corrected chi connectivity index (χ4v) is 3.30. The van der Waals surface area contributed by atoms with E-state index in [9.17, 15) is 14.0 Å². The van der Waals surface area contributed by atoms with E-state index in [1.807, 2.05) is 30.5 Å². The minimum absolute atomic E-state index is 0.0415. The molecule has 1 saturated heterocycles. The third-order valence-electron chi connectivity index (χ3n) is 4.24. The third kappa shape index (κ3) is 4.20. The van der Waals surface area contributed by atoms with Crippen molar-refractivity contribution in [3.63, 3.8) is 0 Å². The molecule has 2 amide bonds. The summed E-state index contributed by atoms with van der Waals surface area (Å²) in [5.41, 5.74) is 1.65. The van der Waals surface area contributed by atoms with Crippen LogP contribution in [0.4, 0.5) is 10.1 Å². The van der Waals surface area contributed by atoms with Gasteiger partial charge in [0.05, 0.1) is 5.92 Å². The fourth-order valence-electron chi connectivity index (χ4n) is 2.85. The molecule has 2 aromatic rings. The van der Waals surface area contributed by atoms with E-state index in [0.717, 1.165) is 16.1 Å². The number of amides is 2. The Labute approximate surface area is 150 Å². The minimum atomic E-state index is -0.370. The number of hydrogen-bond acceptors (Lipinski definition) is 3. The zero-order valence-electron chi connectivity index (χ0n) is 13.9. The van der Waals surface area contributed by atoms with Gasteiger partial charge in [0, 0.05) is 30.1 Å². The highest BCUT2D eigenvalue weighted by molar-refractivity contribution is 7.98. The van der Waals surface area contributed by atoms with Crippen molar-refractivity contribution in [2.24, 2.45) is 5.92 Å². The van der Waals surface area contributed by atoms with Gasteiger partial charge in [-0.2, -0.15) is 0 Å². The van der Waals surface area contributed by atoms with Crippen molar-refractivity contribution < 1.29 is 14.0 Å². The first-order valence-electron chi connectivity index (χ1n) is 8.03. The van der Waals surface area contributed by atoms with E-state index in [1.54, 1.807) is 28.8 Å². The molecule has 1 fully saturated rings. The highest BCUT2D eigenvalue weighted by Gasteiger charge is 2.35. The Hall–Kier alpha value is -2.34. The second-order valence-electron chi connectivity index (χ2n) is 5.95. The zero-order chi connectivity index (χ0) is 17.8. The predicted octanol–water partition coefficient (Wildman–Crippen LogP) is 3.22. The quantitative estimate of drug-likeness (QED) is 0.835. The summed E-state index contributed by atoms with van der Waals surface area (Å²) in [5.74, 6) is -0.869. The topological polar surface area (TPSA) is 49.4 Å². The molecule has 0 spiro atoms. The lowest BCUT2D eigenvalue weighted by molar-refractivity contribution is -0.126. The van der Waals surface area contributed by atoms with Crippen molar-refractivity contribution >= 4 is 29.3 Å². The molecule has 0 radical (unpaired) electrons. The van der Waals surface area contributed by atoms with Gasteiger partial charge >= 0.3 is 0 Å². The van der Waals surface area contributed by atoms with Gasteiger partial charge in [0.25, 0.3) is 0 Å². The zero-order valence-corrected chi connectivity index (χ0v) is 14.7. The number of nitrogens with zero attached hydrogens (tertiary/aromatic N) is 1. The van der Waals surface area contributed by atoms with Gasteiger partial charge in [-0.1, -0.05) is 18.2 Å². The average Bonchev–Trinajstić information content (AvgIpc) is 3.03. The molecule has 25 heavy (non-hydrogen) atoms. The van der Waals surface area contributed by atoms with Crippen molar-refractivity contribution in [1.29, 1.82) is 0 Å². The lowest BCUT2D eigenvalue weighted by atomic mass is 10.1. The van der Waals surface area contributed by atoms with Gasteiger partial charge in [0.15, 0.2) is 0 Å². The Balaban J connectivity index is 1.61. The minimum Gasteiger partial charge on any atom is -0.352 e. The van der Waals surface area contributed by atoms with E-state index in [2.05, 4.69) is 5.32 Å². The fraction of sp³-hybridized carbons (Fsp3) is 0.263. The molecular formula is C19H19FN2O2S. The van der Waals surface area contributed by atoms with Crippen molar-refractivity contribution in [3.8, 4) is 0 Å². The van der Waals surface area contributed by atoms with Crippen LogP contribution in [0, 0.1) is 11.7 Å². The van der Waals surface area contributed by atoms with Gasteiger partial charge in [0.2, 0.25) is 11.8 Å². The van der Waals surface area contributed by atoms with Crippen LogP contribution in [0.2, 0.25) is 0 Å². The van der Waals surface area contributed by atoms with E-state index in [0.29, 0.717) is 13.1 Å². The van der Waals surface area contributed by atoms with E-state index in [4.69, 9.17) is 0 Å². The number of rotatable bonds is 5. The molecule has 3 rings (SSSR count). The molecule has 1 heterocycles. The number of benzene rings is 2. The Bertz CT molecular complexity index is 779. The molecule has 1 aliphatic rings. The highest BCUT2D eigenvalue weighted by atomic mass is 32.2. The van der Waals surface area contributed by atoms with Gasteiger partial charge in [-0.15, -0.1) is 11.8 Å². The lowest BCUT2D eigenvalue weighted by Gasteiger charge is -2.17. The van der Waals surface area contributed by atoms with E-state index in [-0.39, 0.29) is 30.0 Å². The maximum absolute atomic E-state index is 12.9. The lowest BCUT2D eigenvalue weighted by Crippen LogP contribution is -2.32. The molecule has 4 nitrogen and oxygen atoms in total. The Morgan fingerprint density at radius 2 is 2.04 bits per heavy atom. The van der Waals surface area contributed by atoms with Crippen LogP contribution in [-0.2, 0) is 16.1 Å². The van der Waals surface area contributed by atoms with Crippen molar-refractivity contribution in [2.75, 3.05) is 17.7 Å². The number of anilines is 1. The molecule has 1 atom stereocenters. The number of carbonyl (C=O) groups excluding carboxylic acids is 2. The van der Waals surface area contributed by atoms with Gasteiger partial charge in [0.1, 0.15) is 5.82 Å². The standard InChI is InChI=1S/C19H19FN2O2S/c1-25-17-4-2-3-16(10-17)22-12-14(9-18(22)23)19(24)21-11-13-5-7-15(20)8-6-13/h2-8,10,14H,9,11-12H2,1H3,(H,21,24)/t14-/m1/s1. The number of halogens is 1. The SMILES string of the molecule is CSc1cccc(N2C[C@H](C(=O)NCc3ccc(F)cc3)CC2=O)c1. The first kappa shape index (κ1) is 17.5. The average molecular weight is 358 g/mol. The van der Waals surface area contributed by atoms with Gasteiger partial charge in [-0.05, 0) is 42.2 Å². The van der Waals surface area contributed by atoms with Crippen LogP contribution in [-0.4, -0.2) is 24.6 Å². The largest absolute Gasteiger partial charge is 0.352 e. The summed E-state index contributed by atoms with van der Waals surface area (Å²) in [7, 11) is 0. The van der Waals surface area contributed by atoms with Crippen LogP contribution in [0.15, 0.2) is 53.4 Å². The molecule has 0 aromatic heterocycles. The first-order valence-corrected chi connectivity index (χ1v) is 9.26. The molecule has 2 aromatic carbocycles. The molecule has 0 aliphatic carbocycles. The maximum Gasteiger partial charge on any atom is 0.227 e. The van der Waals surface area contributed by atoms with Crippen molar-refractivity contribution in [2.45, 2.75) is 17.9 Å². The predicted molar refractivity (Wildman–Crippen MR) is 96.9 cm³/mol. The van der Waals surface area contributed by atoms with Crippen molar-refractivity contribution in [3.05, 3.63) is 59.9 Å². The molecule has 130 valence electrons. The van der Waals surface area contributed by atoms with Crippen LogP contribution in [0.25, 0.3) is 0 Å². The number of thioether (sulfide) groups is 1. The normalized spacial score (nSPS) is 17.0. The summed E-state index contributed by atoms with van der Waals surface area (Å²) in [4.78, 5) is 27.4. The van der Waals surface area contributed by atoms with Gasteiger partial charge in [-0.25, -0.2) is 4.39 Å². The summed E-state index contributed by atoms with van der Waals surface area (Å²) in [5, 5.41) is 2.83. The highest BCUT2D eigenvalue weighted by Crippen LogP contribution is 2.28. The molecule has 6 heteroatoms. The Morgan fingerprint density at radius 1 is 1.28 bits per heavy atom. The summed E-state index contributed by atoms with van der Waals surface area (Å²) in [6.07, 6.45) is 2.19. The first-order chi connectivity index (χ1) is 12.1. The van der Waals surface area contributed by atoms with E-state index in [1.165, 1.54) is 12.1 Å². The smallest absolute Gasteiger partial charge is 0.227 e. The second kappa shape index (κ2) is 7.70. The monoisotopic (exact) mass is 358 g/mol. The van der Waals surface area contributed by atoms with Crippen LogP contribution in [0.3, 0.4) is 0 Å². The number of carbonyl (C=O) groups is 2. The van der Waals surface area contributed by atoms with Crippen molar-refractivity contribution in [1.82, 2.24) is 5.32 Å². The summed E-state index contributed by atoms with van der Waals surface area (Å²) in [6, 6.07) is 13.7. The van der Waals surface area contributed by atoms with Crippen LogP contribution >= 0.6 is 11.8 Å². The van der Waals surface area contributed by atoms with Crippen LogP contribution < -0.4 is 10.2 Å².